The van der Waals surface area contributed by atoms with Crippen LogP contribution in [0.15, 0.2) is 0 Å². The minimum atomic E-state index is 0.212. The smallest absolute Gasteiger partial charge is 0.223 e. The van der Waals surface area contributed by atoms with E-state index in [9.17, 15) is 0 Å². The molecule has 0 atom stereocenters. The van der Waals surface area contributed by atoms with E-state index in [4.69, 9.17) is 5.73 Å². The largest absolute Gasteiger partial charge is 0.368 e. The molecule has 0 radical (unpaired) electrons. The van der Waals surface area contributed by atoms with Crippen LogP contribution in [0.1, 0.15) is 76.9 Å². The Bertz CT molecular complexity index is 434. The van der Waals surface area contributed by atoms with E-state index in [2.05, 4.69) is 35.7 Å². The molecule has 1 heterocycles. The zero-order valence-electron chi connectivity index (χ0n) is 12.9. The molecule has 0 saturated heterocycles. The van der Waals surface area contributed by atoms with Crippen LogP contribution in [0.5, 0.6) is 0 Å². The number of nitrogen functional groups attached to an aromatic ring is 1. The Morgan fingerprint density at radius 1 is 1.05 bits per heavy atom. The van der Waals surface area contributed by atoms with Gasteiger partial charge in [0, 0.05) is 10.7 Å². The van der Waals surface area contributed by atoms with E-state index >= 15 is 0 Å². The molecule has 2 N–H and O–H groups in total. The highest BCUT2D eigenvalue weighted by atomic mass is 32.2. The fourth-order valence-electron chi connectivity index (χ4n) is 2.52. The first-order valence-corrected chi connectivity index (χ1v) is 8.57. The van der Waals surface area contributed by atoms with Gasteiger partial charge in [0.15, 0.2) is 0 Å². The van der Waals surface area contributed by atoms with Crippen LogP contribution in [0.3, 0.4) is 0 Å². The zero-order valence-corrected chi connectivity index (χ0v) is 13.7. The van der Waals surface area contributed by atoms with Crippen molar-refractivity contribution >= 4 is 17.7 Å². The molecular formula is C15H26N4S. The van der Waals surface area contributed by atoms with Gasteiger partial charge in [-0.25, -0.2) is 4.98 Å². The van der Waals surface area contributed by atoms with Crippen molar-refractivity contribution in [3.8, 4) is 0 Å². The van der Waals surface area contributed by atoms with Crippen LogP contribution in [-0.2, 0) is 5.75 Å². The summed E-state index contributed by atoms with van der Waals surface area (Å²) in [4.78, 5) is 13.4. The second-order valence-corrected chi connectivity index (χ2v) is 8.36. The van der Waals surface area contributed by atoms with Gasteiger partial charge in [-0.3, -0.25) is 0 Å². The van der Waals surface area contributed by atoms with Gasteiger partial charge >= 0.3 is 0 Å². The Balaban J connectivity index is 2.11. The maximum atomic E-state index is 5.87. The summed E-state index contributed by atoms with van der Waals surface area (Å²) < 4.78 is 0.212. The number of thioether (sulfide) groups is 1. The summed E-state index contributed by atoms with van der Waals surface area (Å²) in [5.74, 6) is 3.40. The second kappa shape index (κ2) is 6.74. The van der Waals surface area contributed by atoms with Crippen LogP contribution >= 0.6 is 11.8 Å². The first kappa shape index (κ1) is 15.5. The molecule has 1 aromatic heterocycles. The fraction of sp³-hybridized carbons (Fsp3) is 0.800. The number of hydrogen-bond donors (Lipinski definition) is 1. The maximum absolute atomic E-state index is 5.87. The number of rotatable bonds is 3. The molecule has 1 fully saturated rings. The minimum absolute atomic E-state index is 0.212. The van der Waals surface area contributed by atoms with Gasteiger partial charge in [0.25, 0.3) is 0 Å². The Kier molecular flexibility index (Phi) is 5.24. The van der Waals surface area contributed by atoms with Crippen LogP contribution in [0, 0.1) is 0 Å². The molecule has 0 amide bonds. The lowest BCUT2D eigenvalue weighted by atomic mass is 10.00. The quantitative estimate of drug-likeness (QED) is 0.856. The molecule has 4 nitrogen and oxygen atoms in total. The highest BCUT2D eigenvalue weighted by Crippen LogP contribution is 2.31. The van der Waals surface area contributed by atoms with E-state index < -0.39 is 0 Å². The highest BCUT2D eigenvalue weighted by Gasteiger charge is 2.19. The zero-order chi connectivity index (χ0) is 14.6. The highest BCUT2D eigenvalue weighted by molar-refractivity contribution is 7.99. The third-order valence-corrected chi connectivity index (χ3v) is 4.84. The minimum Gasteiger partial charge on any atom is -0.368 e. The molecule has 0 aliphatic heterocycles. The summed E-state index contributed by atoms with van der Waals surface area (Å²) in [6, 6.07) is 0. The van der Waals surface area contributed by atoms with Gasteiger partial charge in [0.05, 0.1) is 5.75 Å². The van der Waals surface area contributed by atoms with Gasteiger partial charge in [-0.05, 0) is 12.8 Å². The molecule has 112 valence electrons. The van der Waals surface area contributed by atoms with Crippen molar-refractivity contribution in [2.45, 2.75) is 75.7 Å². The second-order valence-electron chi connectivity index (χ2n) is 6.56. The molecular weight excluding hydrogens is 268 g/mol. The Morgan fingerprint density at radius 3 is 2.30 bits per heavy atom. The molecule has 1 aliphatic rings. The Labute approximate surface area is 126 Å². The molecule has 1 aliphatic carbocycles. The average molecular weight is 294 g/mol. The normalized spacial score (nSPS) is 17.9. The van der Waals surface area contributed by atoms with Crippen molar-refractivity contribution < 1.29 is 0 Å². The number of hydrogen-bond acceptors (Lipinski definition) is 5. The number of nitrogens with two attached hydrogens (primary N) is 1. The van der Waals surface area contributed by atoms with Crippen molar-refractivity contribution in [3.05, 3.63) is 11.6 Å². The van der Waals surface area contributed by atoms with Crippen molar-refractivity contribution in [2.24, 2.45) is 0 Å². The van der Waals surface area contributed by atoms with Gasteiger partial charge in [-0.2, -0.15) is 9.97 Å². The topological polar surface area (TPSA) is 64.7 Å². The lowest BCUT2D eigenvalue weighted by molar-refractivity contribution is 0.556. The molecule has 0 bridgehead atoms. The number of nitrogens with zero attached hydrogens (tertiary/aromatic N) is 3. The summed E-state index contributed by atoms with van der Waals surface area (Å²) in [5.41, 5.74) is 5.87. The molecule has 2 rings (SSSR count). The molecule has 0 unspecified atom stereocenters. The molecule has 1 saturated carbocycles. The third kappa shape index (κ3) is 4.93. The van der Waals surface area contributed by atoms with Gasteiger partial charge in [0.1, 0.15) is 11.6 Å². The van der Waals surface area contributed by atoms with Crippen molar-refractivity contribution in [1.29, 1.82) is 0 Å². The van der Waals surface area contributed by atoms with E-state index in [-0.39, 0.29) is 4.75 Å². The average Bonchev–Trinajstić information content (AvgIpc) is 2.64. The summed E-state index contributed by atoms with van der Waals surface area (Å²) in [6.07, 6.45) is 7.61. The van der Waals surface area contributed by atoms with E-state index in [1.807, 2.05) is 11.8 Å². The Morgan fingerprint density at radius 2 is 1.70 bits per heavy atom. The first-order valence-electron chi connectivity index (χ1n) is 7.58. The van der Waals surface area contributed by atoms with Crippen LogP contribution in [0.25, 0.3) is 0 Å². The first-order chi connectivity index (χ1) is 9.44. The molecule has 20 heavy (non-hydrogen) atoms. The number of aromatic nitrogens is 3. The summed E-state index contributed by atoms with van der Waals surface area (Å²) >= 11 is 1.85. The Hall–Kier alpha value is -0.840. The summed E-state index contributed by atoms with van der Waals surface area (Å²) in [7, 11) is 0. The van der Waals surface area contributed by atoms with Crippen LogP contribution in [0.2, 0.25) is 0 Å². The van der Waals surface area contributed by atoms with E-state index in [0.717, 1.165) is 17.4 Å². The number of anilines is 1. The lowest BCUT2D eigenvalue weighted by Crippen LogP contribution is -2.13. The van der Waals surface area contributed by atoms with E-state index in [1.54, 1.807) is 0 Å². The predicted octanol–water partition coefficient (Wildman–Crippen LogP) is 3.92. The maximum Gasteiger partial charge on any atom is 0.223 e. The van der Waals surface area contributed by atoms with E-state index in [1.165, 1.54) is 38.5 Å². The van der Waals surface area contributed by atoms with E-state index in [0.29, 0.717) is 11.9 Å². The third-order valence-electron chi connectivity index (χ3n) is 3.57. The monoisotopic (exact) mass is 294 g/mol. The predicted molar refractivity (Wildman–Crippen MR) is 85.7 cm³/mol. The van der Waals surface area contributed by atoms with Crippen LogP contribution < -0.4 is 5.73 Å². The molecule has 1 aromatic rings. The van der Waals surface area contributed by atoms with Gasteiger partial charge in [-0.1, -0.05) is 46.5 Å². The van der Waals surface area contributed by atoms with Crippen molar-refractivity contribution in [3.63, 3.8) is 0 Å². The van der Waals surface area contributed by atoms with Gasteiger partial charge in [0.2, 0.25) is 5.95 Å². The van der Waals surface area contributed by atoms with Gasteiger partial charge in [-0.15, -0.1) is 11.8 Å². The van der Waals surface area contributed by atoms with Gasteiger partial charge < -0.3 is 5.73 Å². The molecule has 0 aromatic carbocycles. The summed E-state index contributed by atoms with van der Waals surface area (Å²) in [6.45, 7) is 6.61. The van der Waals surface area contributed by atoms with Crippen molar-refractivity contribution in [1.82, 2.24) is 15.0 Å². The van der Waals surface area contributed by atoms with Crippen molar-refractivity contribution in [2.75, 3.05) is 5.73 Å². The SMILES string of the molecule is CC(C)(C)SCc1nc(N)nc(C2CCCCCC2)n1. The molecule has 0 spiro atoms. The standard InChI is InChI=1S/C15H26N4S/c1-15(2,3)20-10-12-17-13(19-14(16)18-12)11-8-6-4-5-7-9-11/h11H,4-10H2,1-3H3,(H2,16,17,18,19). The van der Waals surface area contributed by atoms with Crippen LogP contribution in [-0.4, -0.2) is 19.7 Å². The van der Waals surface area contributed by atoms with Crippen LogP contribution in [0.4, 0.5) is 5.95 Å². The lowest BCUT2D eigenvalue weighted by Gasteiger charge is -2.18. The molecule has 5 heteroatoms. The summed E-state index contributed by atoms with van der Waals surface area (Å²) in [5, 5.41) is 0. The fourth-order valence-corrected chi connectivity index (χ4v) is 3.21.